The minimum atomic E-state index is -3.71. The number of rotatable bonds is 5. The van der Waals surface area contributed by atoms with E-state index in [0.717, 1.165) is 10.5 Å². The summed E-state index contributed by atoms with van der Waals surface area (Å²) < 4.78 is 26.5. The van der Waals surface area contributed by atoms with E-state index in [1.54, 1.807) is 24.3 Å². The summed E-state index contributed by atoms with van der Waals surface area (Å²) in [6, 6.07) is 5.90. The average Bonchev–Trinajstić information content (AvgIpc) is 2.65. The fourth-order valence-electron chi connectivity index (χ4n) is 2.17. The van der Waals surface area contributed by atoms with E-state index >= 15 is 0 Å². The number of imide groups is 1. The number of carbonyl (C=O) groups is 2. The lowest BCUT2D eigenvalue weighted by Gasteiger charge is -2.12. The van der Waals surface area contributed by atoms with Gasteiger partial charge in [0.1, 0.15) is 6.04 Å². The van der Waals surface area contributed by atoms with Crippen molar-refractivity contribution in [3.63, 3.8) is 0 Å². The maximum absolute atomic E-state index is 12.1. The van der Waals surface area contributed by atoms with Crippen LogP contribution in [0.5, 0.6) is 0 Å². The van der Waals surface area contributed by atoms with Crippen molar-refractivity contribution < 1.29 is 18.0 Å². The number of nitrogens with zero attached hydrogens (tertiary/aromatic N) is 1. The molecule has 1 atom stereocenters. The average molecular weight is 311 g/mol. The number of nitrogens with two attached hydrogens (primary N) is 1. The lowest BCUT2D eigenvalue weighted by Crippen LogP contribution is -2.41. The molecule has 21 heavy (non-hydrogen) atoms. The van der Waals surface area contributed by atoms with Crippen molar-refractivity contribution in [1.29, 1.82) is 0 Å². The largest absolute Gasteiger partial charge is 0.326 e. The second-order valence-corrected chi connectivity index (χ2v) is 6.70. The molecule has 114 valence electrons. The highest BCUT2D eigenvalue weighted by molar-refractivity contribution is 7.88. The summed E-state index contributed by atoms with van der Waals surface area (Å²) in [5.41, 5.74) is 6.92. The summed E-state index contributed by atoms with van der Waals surface area (Å²) in [4.78, 5) is 24.0. The molecule has 0 aliphatic carbocycles. The first-order chi connectivity index (χ1) is 9.82. The topological polar surface area (TPSA) is 110 Å². The predicted octanol–water partition coefficient (Wildman–Crippen LogP) is -0.678. The Balaban J connectivity index is 2.09. The van der Waals surface area contributed by atoms with E-state index in [1.807, 2.05) is 0 Å². The van der Waals surface area contributed by atoms with Crippen LogP contribution in [-0.2, 0) is 31.9 Å². The number of sulfonamides is 1. The Morgan fingerprint density at radius 2 is 2.00 bits per heavy atom. The summed E-state index contributed by atoms with van der Waals surface area (Å²) >= 11 is 0. The lowest BCUT2D eigenvalue weighted by molar-refractivity contribution is -0.137. The molecule has 0 bridgehead atoms. The number of benzene rings is 1. The van der Waals surface area contributed by atoms with E-state index in [9.17, 15) is 18.0 Å². The summed E-state index contributed by atoms with van der Waals surface area (Å²) in [6.45, 7) is 0.321. The van der Waals surface area contributed by atoms with Crippen LogP contribution < -0.4 is 10.5 Å². The Morgan fingerprint density at radius 1 is 1.33 bits per heavy atom. The van der Waals surface area contributed by atoms with Crippen LogP contribution in [-0.4, -0.2) is 38.2 Å². The molecule has 0 radical (unpaired) electrons. The summed E-state index contributed by atoms with van der Waals surface area (Å²) in [7, 11) is -2.38. The van der Waals surface area contributed by atoms with Gasteiger partial charge in [0.15, 0.2) is 0 Å². The molecule has 1 fully saturated rings. The van der Waals surface area contributed by atoms with Crippen molar-refractivity contribution >= 4 is 21.8 Å². The van der Waals surface area contributed by atoms with Crippen LogP contribution in [0, 0.1) is 0 Å². The van der Waals surface area contributed by atoms with Crippen LogP contribution in [0.4, 0.5) is 0 Å². The third-order valence-electron chi connectivity index (χ3n) is 3.29. The summed E-state index contributed by atoms with van der Waals surface area (Å²) in [5.74, 6) is -1.18. The zero-order valence-electron chi connectivity index (χ0n) is 11.6. The minimum Gasteiger partial charge on any atom is -0.326 e. The smallest absolute Gasteiger partial charge is 0.247 e. The number of likely N-dealkylation sites (tertiary alicyclic amines) is 1. The predicted molar refractivity (Wildman–Crippen MR) is 76.3 cm³/mol. The van der Waals surface area contributed by atoms with E-state index in [-0.39, 0.29) is 12.2 Å². The molecular weight excluding hydrogens is 294 g/mol. The van der Waals surface area contributed by atoms with Gasteiger partial charge in [-0.1, -0.05) is 24.3 Å². The zero-order chi connectivity index (χ0) is 15.6. The van der Waals surface area contributed by atoms with Gasteiger partial charge in [-0.25, -0.2) is 13.1 Å². The normalized spacial score (nSPS) is 19.3. The van der Waals surface area contributed by atoms with Crippen molar-refractivity contribution in [2.45, 2.75) is 24.8 Å². The van der Waals surface area contributed by atoms with Gasteiger partial charge in [-0.2, -0.15) is 0 Å². The highest BCUT2D eigenvalue weighted by Crippen LogP contribution is 2.14. The number of carbonyl (C=O) groups excluding carboxylic acids is 2. The van der Waals surface area contributed by atoms with Gasteiger partial charge in [-0.05, 0) is 11.1 Å². The van der Waals surface area contributed by atoms with Crippen molar-refractivity contribution in [1.82, 2.24) is 9.62 Å². The van der Waals surface area contributed by atoms with Gasteiger partial charge in [-0.15, -0.1) is 0 Å². The molecule has 7 nitrogen and oxygen atoms in total. The van der Waals surface area contributed by atoms with E-state index in [4.69, 9.17) is 5.73 Å². The van der Waals surface area contributed by atoms with Gasteiger partial charge in [0, 0.05) is 13.6 Å². The Hall–Kier alpha value is -1.77. The van der Waals surface area contributed by atoms with Gasteiger partial charge < -0.3 is 5.73 Å². The number of nitrogens with one attached hydrogen (secondary N) is 1. The Kier molecular flexibility index (Phi) is 4.40. The maximum atomic E-state index is 12.1. The van der Waals surface area contributed by atoms with Crippen LogP contribution in [0.2, 0.25) is 0 Å². The minimum absolute atomic E-state index is 0.141. The van der Waals surface area contributed by atoms with Crippen LogP contribution in [0.25, 0.3) is 0 Å². The Morgan fingerprint density at radius 3 is 2.57 bits per heavy atom. The molecule has 1 unspecified atom stereocenters. The van der Waals surface area contributed by atoms with Crippen LogP contribution in [0.15, 0.2) is 24.3 Å². The fraction of sp³-hybridized carbons (Fsp3) is 0.385. The van der Waals surface area contributed by atoms with E-state index < -0.39 is 27.9 Å². The van der Waals surface area contributed by atoms with Gasteiger partial charge in [0.25, 0.3) is 0 Å². The van der Waals surface area contributed by atoms with Crippen LogP contribution in [0.1, 0.15) is 17.5 Å². The second-order valence-electron chi connectivity index (χ2n) is 4.95. The Labute approximate surface area is 123 Å². The second kappa shape index (κ2) is 5.92. The molecule has 1 aromatic rings. The maximum Gasteiger partial charge on any atom is 0.247 e. The van der Waals surface area contributed by atoms with Crippen molar-refractivity contribution in [3.05, 3.63) is 35.4 Å². The molecule has 2 amide bonds. The number of likely N-dealkylation sites (N-methyl/N-ethyl adjacent to an activating group) is 1. The first kappa shape index (κ1) is 15.6. The number of hydrogen-bond acceptors (Lipinski definition) is 5. The van der Waals surface area contributed by atoms with Crippen LogP contribution in [0.3, 0.4) is 0 Å². The molecule has 0 aromatic heterocycles. The highest BCUT2D eigenvalue weighted by atomic mass is 32.2. The Bertz CT molecular complexity index is 672. The molecule has 8 heteroatoms. The highest BCUT2D eigenvalue weighted by Gasteiger charge is 2.38. The fourth-order valence-corrected chi connectivity index (χ4v) is 3.49. The summed E-state index contributed by atoms with van der Waals surface area (Å²) in [5, 5.41) is 0. The van der Waals surface area contributed by atoms with Gasteiger partial charge in [0.05, 0.1) is 12.2 Å². The van der Waals surface area contributed by atoms with E-state index in [0.29, 0.717) is 12.1 Å². The number of hydrogen-bond donors (Lipinski definition) is 2. The van der Waals surface area contributed by atoms with Gasteiger partial charge in [-0.3, -0.25) is 14.5 Å². The quantitative estimate of drug-likeness (QED) is 0.700. The molecule has 1 aromatic carbocycles. The SMILES string of the molecule is CN1C(=O)CC(NS(=O)(=O)Cc2cccc(CN)c2)C1=O. The van der Waals surface area contributed by atoms with Crippen LogP contribution >= 0.6 is 0 Å². The molecule has 1 aliphatic heterocycles. The first-order valence-electron chi connectivity index (χ1n) is 6.40. The van der Waals surface area contributed by atoms with E-state index in [2.05, 4.69) is 4.72 Å². The molecule has 0 saturated carbocycles. The molecule has 1 saturated heterocycles. The molecule has 3 N–H and O–H groups in total. The van der Waals surface area contributed by atoms with Crippen molar-refractivity contribution in [2.24, 2.45) is 5.73 Å². The number of amides is 2. The van der Waals surface area contributed by atoms with Gasteiger partial charge >= 0.3 is 0 Å². The summed E-state index contributed by atoms with van der Waals surface area (Å²) in [6.07, 6.45) is -0.141. The third-order valence-corrected chi connectivity index (χ3v) is 4.64. The van der Waals surface area contributed by atoms with E-state index in [1.165, 1.54) is 7.05 Å². The lowest BCUT2D eigenvalue weighted by atomic mass is 10.1. The standard InChI is InChI=1S/C13H17N3O4S/c1-16-12(17)6-11(13(16)18)15-21(19,20)8-10-4-2-3-9(5-10)7-14/h2-5,11,15H,6-8,14H2,1H3. The zero-order valence-corrected chi connectivity index (χ0v) is 12.4. The molecule has 1 heterocycles. The molecule has 0 spiro atoms. The monoisotopic (exact) mass is 311 g/mol. The first-order valence-corrected chi connectivity index (χ1v) is 8.06. The third kappa shape index (κ3) is 3.66. The molecule has 1 aliphatic rings. The van der Waals surface area contributed by atoms with Gasteiger partial charge in [0.2, 0.25) is 21.8 Å². The molecular formula is C13H17N3O4S. The van der Waals surface area contributed by atoms with Crippen molar-refractivity contribution in [3.8, 4) is 0 Å². The van der Waals surface area contributed by atoms with Crippen molar-refractivity contribution in [2.75, 3.05) is 7.05 Å². The molecule has 2 rings (SSSR count).